The van der Waals surface area contributed by atoms with E-state index >= 15 is 0 Å². The second-order valence-electron chi connectivity index (χ2n) is 22.5. The summed E-state index contributed by atoms with van der Waals surface area (Å²) in [6, 6.07) is 0. The molecule has 0 aromatic heterocycles. The van der Waals surface area contributed by atoms with Crippen LogP contribution in [0.2, 0.25) is 0 Å². The zero-order valence-corrected chi connectivity index (χ0v) is 46.0. The number of aliphatic hydroxyl groups excluding tert-OH is 24. The third-order valence-corrected chi connectivity index (χ3v) is 16.9. The van der Waals surface area contributed by atoms with Crippen LogP contribution in [0, 0.1) is 0 Å². The van der Waals surface area contributed by atoms with Gasteiger partial charge in [-0.1, -0.05) is 0 Å². The van der Waals surface area contributed by atoms with Crippen LogP contribution < -0.4 is 0 Å². The number of aliphatic hydroxyl groups is 24. The lowest BCUT2D eigenvalue weighted by atomic mass is 9.94. The van der Waals surface area contributed by atoms with Gasteiger partial charge in [0.1, 0.15) is 195 Å². The molecule has 0 radical (unpaired) electrons. The molecule has 0 saturated carbocycles. The molecule has 30 fully saturated rings. The lowest BCUT2D eigenvalue weighted by Crippen LogP contribution is -2.69. The van der Waals surface area contributed by atoms with E-state index in [-0.39, 0.29) is 0 Å². The molecular formula is C48H80O40. The van der Waals surface area contributed by atoms with Crippen LogP contribution in [0.15, 0.2) is 0 Å². The van der Waals surface area contributed by atoms with Crippen LogP contribution in [0.4, 0.5) is 0 Å². The van der Waals surface area contributed by atoms with Gasteiger partial charge in [0.15, 0.2) is 50.3 Å². The molecule has 30 aliphatic heterocycles. The van der Waals surface area contributed by atoms with E-state index in [4.69, 9.17) is 75.8 Å². The minimum absolute atomic E-state index is 1.08. The van der Waals surface area contributed by atoms with Gasteiger partial charge in [0, 0.05) is 0 Å². The molecule has 30 rings (SSSR count). The van der Waals surface area contributed by atoms with Gasteiger partial charge in [0.2, 0.25) is 0 Å². The summed E-state index contributed by atoms with van der Waals surface area (Å²) in [6.07, 6.45) is -82.0. The van der Waals surface area contributed by atoms with Crippen molar-refractivity contribution in [3.63, 3.8) is 0 Å². The van der Waals surface area contributed by atoms with Gasteiger partial charge in [-0.25, -0.2) is 0 Å². The summed E-state index contributed by atoms with van der Waals surface area (Å²) in [5.41, 5.74) is 0. The minimum atomic E-state index is -2.25. The Kier molecular flexibility index (Phi) is 24.1. The maximum atomic E-state index is 11.4. The van der Waals surface area contributed by atoms with Crippen LogP contribution in [0.5, 0.6) is 0 Å². The fourth-order valence-corrected chi connectivity index (χ4v) is 11.9. The lowest BCUT2D eigenvalue weighted by Gasteiger charge is -2.50. The molecule has 30 aliphatic rings. The van der Waals surface area contributed by atoms with Crippen molar-refractivity contribution in [1.29, 1.82) is 0 Å². The first-order valence-electron chi connectivity index (χ1n) is 28.1. The molecule has 0 spiro atoms. The molecule has 512 valence electrons. The number of rotatable bonds is 8. The van der Waals surface area contributed by atoms with Crippen molar-refractivity contribution in [1.82, 2.24) is 0 Å². The van der Waals surface area contributed by atoms with E-state index in [1.165, 1.54) is 0 Å². The van der Waals surface area contributed by atoms with Crippen molar-refractivity contribution in [2.75, 3.05) is 52.9 Å². The molecule has 0 aliphatic carbocycles. The largest absolute Gasteiger partial charge is 0.394 e. The standard InChI is InChI=1S/C48H80O40/c49-1-9-33-17(57)25(65)41(73-9)82-34-10(2-50)75-43(27(67)19(34)59)84-36-12(4-52)77-45(29(69)21(36)61)86-38-14(6-54)79-47(31(71)23(38)63)88-40-16(8-56)80-48(32(72)24(40)64)87-39-15(7-55)78-46(30(70)22(39)62)85-37-13(5-53)76-44(28(68)20(37)60)83-35-11(3-51)74-42(81-33)26(66)18(35)58/h9-72H,1-8H2/t9?,10?,11?,12?,13?,14?,15?,16?,17-,18-,19-,20-,21?,22?,23?,24?,25?,26?,27?,28?,29+,30+,31+,32+,33-,34-,35-,36-,37-,38-,39-,40-,41-,42-,43-,44-,45-,46-,47-,48-/m1/s1. The summed E-state index contributed by atoms with van der Waals surface area (Å²) < 4.78 is 91.1. The highest BCUT2D eigenvalue weighted by atomic mass is 16.8. The molecular weight excluding hydrogens is 1220 g/mol. The molecule has 24 N–H and O–H groups in total. The Morgan fingerprint density at radius 1 is 0.136 bits per heavy atom. The maximum absolute atomic E-state index is 11.4. The fourth-order valence-electron chi connectivity index (χ4n) is 11.9. The van der Waals surface area contributed by atoms with Crippen molar-refractivity contribution < 1.29 is 198 Å². The minimum Gasteiger partial charge on any atom is -0.394 e. The van der Waals surface area contributed by atoms with Crippen LogP contribution in [0.1, 0.15) is 0 Å². The van der Waals surface area contributed by atoms with Crippen molar-refractivity contribution in [3.8, 4) is 0 Å². The van der Waals surface area contributed by atoms with E-state index in [0.717, 1.165) is 0 Å². The van der Waals surface area contributed by atoms with Gasteiger partial charge in [-0.3, -0.25) is 0 Å². The molecule has 0 aromatic carbocycles. The van der Waals surface area contributed by atoms with Gasteiger partial charge in [-0.05, 0) is 0 Å². The van der Waals surface area contributed by atoms with Gasteiger partial charge in [0.05, 0.1) is 52.9 Å². The fraction of sp³-hybridized carbons (Fsp3) is 1.00. The topological polar surface area (TPSA) is 633 Å². The summed E-state index contributed by atoms with van der Waals surface area (Å²) in [6.45, 7) is -8.64. The van der Waals surface area contributed by atoms with Crippen LogP contribution in [0.25, 0.3) is 0 Å². The normalized spacial score (nSPS) is 55.4. The zero-order chi connectivity index (χ0) is 64.1. The molecule has 40 heteroatoms. The predicted octanol–water partition coefficient (Wildman–Crippen LogP) is -17.4. The summed E-state index contributed by atoms with van der Waals surface area (Å²) in [4.78, 5) is 0. The van der Waals surface area contributed by atoms with Gasteiger partial charge in [-0.2, -0.15) is 0 Å². The van der Waals surface area contributed by atoms with Crippen molar-refractivity contribution in [3.05, 3.63) is 0 Å². The molecule has 88 heavy (non-hydrogen) atoms. The molecule has 40 nitrogen and oxygen atoms in total. The average molecular weight is 1300 g/mol. The highest BCUT2D eigenvalue weighted by Crippen LogP contribution is 2.40. The molecule has 16 unspecified atom stereocenters. The van der Waals surface area contributed by atoms with Gasteiger partial charge < -0.3 is 198 Å². The smallest absolute Gasteiger partial charge is 0.187 e. The highest BCUT2D eigenvalue weighted by Gasteiger charge is 2.60. The van der Waals surface area contributed by atoms with Crippen molar-refractivity contribution in [2.24, 2.45) is 0 Å². The maximum Gasteiger partial charge on any atom is 0.187 e. The van der Waals surface area contributed by atoms with Crippen LogP contribution >= 0.6 is 0 Å². The Labute approximate surface area is 496 Å². The Morgan fingerprint density at radius 3 is 0.307 bits per heavy atom. The zero-order valence-electron chi connectivity index (χ0n) is 46.0. The van der Waals surface area contributed by atoms with E-state index in [1.54, 1.807) is 0 Å². The number of ether oxygens (including phenoxy) is 16. The molecule has 40 atom stereocenters. The molecule has 16 bridgehead atoms. The monoisotopic (exact) mass is 1300 g/mol. The van der Waals surface area contributed by atoms with Gasteiger partial charge >= 0.3 is 0 Å². The van der Waals surface area contributed by atoms with Crippen LogP contribution in [0.3, 0.4) is 0 Å². The van der Waals surface area contributed by atoms with Crippen LogP contribution in [-0.4, -0.2) is 421 Å². The first-order valence-corrected chi connectivity index (χ1v) is 28.1. The lowest BCUT2D eigenvalue weighted by molar-refractivity contribution is -0.404. The Hall–Kier alpha value is -1.60. The molecule has 0 amide bonds. The first-order chi connectivity index (χ1) is 41.9. The quantitative estimate of drug-likeness (QED) is 0.107. The number of hydrogen-bond acceptors (Lipinski definition) is 40. The highest BCUT2D eigenvalue weighted by molar-refractivity contribution is 5.02. The van der Waals surface area contributed by atoms with E-state index in [1.807, 2.05) is 0 Å². The first kappa shape index (κ1) is 70.7. The van der Waals surface area contributed by atoms with E-state index < -0.39 is 299 Å². The van der Waals surface area contributed by atoms with E-state index in [0.29, 0.717) is 0 Å². The van der Waals surface area contributed by atoms with Gasteiger partial charge in [0.25, 0.3) is 0 Å². The summed E-state index contributed by atoms with van der Waals surface area (Å²) >= 11 is 0. The Balaban J connectivity index is 0.975. The summed E-state index contributed by atoms with van der Waals surface area (Å²) in [5.74, 6) is 0. The third kappa shape index (κ3) is 13.8. The van der Waals surface area contributed by atoms with E-state index in [2.05, 4.69) is 0 Å². The Morgan fingerprint density at radius 2 is 0.227 bits per heavy atom. The third-order valence-electron chi connectivity index (χ3n) is 16.9. The van der Waals surface area contributed by atoms with Crippen LogP contribution in [-0.2, 0) is 75.8 Å². The predicted molar refractivity (Wildman–Crippen MR) is 261 cm³/mol. The SMILES string of the molecule is OCC1O[C@@H]2O[C@@H]3C(CO)O[C@H](O[C@@H]4C(CO)O[C@H](O[C@@H]5C(CO)O[C@H](O[C@@H]6C(CO)O[C@H](O[C@@H]7C(CO)O[C@H](O[C@@H]8C(CO)O[C@H](O[C@@H]9C(CO)O[C@H](O[C@H]1C(O)[C@@H]2O)C(O)[C@H]9O)C(O)[C@H]8O)C(O)[C@H]7O)C(O)[C@H]6O)[C@@H](O)C5O)[C@@H](O)C4O)[C@@H](O)C3O. The molecule has 30 heterocycles. The average Bonchev–Trinajstić information content (AvgIpc) is 0.985. The Bertz CT molecular complexity index is 1700. The number of hydrogen-bond donors (Lipinski definition) is 24. The van der Waals surface area contributed by atoms with Crippen molar-refractivity contribution in [2.45, 2.75) is 246 Å². The van der Waals surface area contributed by atoms with Gasteiger partial charge in [-0.15, -0.1) is 0 Å². The molecule has 30 saturated heterocycles. The van der Waals surface area contributed by atoms with Crippen molar-refractivity contribution >= 4 is 0 Å². The summed E-state index contributed by atoms with van der Waals surface area (Å²) in [7, 11) is 0. The second-order valence-corrected chi connectivity index (χ2v) is 22.5. The molecule has 0 aromatic rings. The second kappa shape index (κ2) is 30.0. The van der Waals surface area contributed by atoms with E-state index in [9.17, 15) is 123 Å². The summed E-state index contributed by atoms with van der Waals surface area (Å²) in [5, 5.41) is 265.